The molecular weight excluding hydrogens is 469 g/mol. The van der Waals surface area contributed by atoms with E-state index in [1.54, 1.807) is 0 Å². The van der Waals surface area contributed by atoms with Crippen LogP contribution in [0.25, 0.3) is 0 Å². The number of rotatable bonds is 27. The molecule has 0 radical (unpaired) electrons. The Labute approximate surface area is 225 Å². The van der Waals surface area contributed by atoms with Crippen molar-refractivity contribution >= 4 is 7.82 Å². The topological polar surface area (TPSA) is 81.8 Å². The molecule has 3 N–H and O–H groups in total. The highest BCUT2D eigenvalue weighted by Crippen LogP contribution is 2.53. The molecule has 0 spiro atoms. The number of nitrogens with two attached hydrogens (primary N) is 1. The van der Waals surface area contributed by atoms with Gasteiger partial charge in [0.25, 0.3) is 0 Å². The first-order chi connectivity index (χ1) is 17.3. The second-order valence-electron chi connectivity index (χ2n) is 11.2. The highest BCUT2D eigenvalue weighted by atomic mass is 31.2. The van der Waals surface area contributed by atoms with E-state index < -0.39 is 13.4 Å². The van der Waals surface area contributed by atoms with Crippen molar-refractivity contribution in [1.29, 1.82) is 0 Å². The lowest BCUT2D eigenvalue weighted by molar-refractivity contribution is -0.0255. The fraction of sp³-hybridized carbons (Fsp3) is 1.00. The largest absolute Gasteiger partial charge is 0.472 e. The van der Waals surface area contributed by atoms with Crippen molar-refractivity contribution in [3.8, 4) is 0 Å². The van der Waals surface area contributed by atoms with Gasteiger partial charge in [0.05, 0.1) is 12.2 Å². The molecule has 5 nitrogen and oxygen atoms in total. The first kappa shape index (κ1) is 36.1. The standard InChI is InChI=1S/C30H64NO4P/c1-6-11-14-15-16-17-18-19-20-23-30(26-28(9-4)21-12-7-2,27-29(10-5)22-13-8-3)35-36(32,33)34-25-24-31/h28-29H,6-27,31H2,1-5H3,(H,32,33). The van der Waals surface area contributed by atoms with Crippen molar-refractivity contribution in [2.75, 3.05) is 13.2 Å². The zero-order valence-electron chi connectivity index (χ0n) is 24.9. The number of unbranched alkanes of at least 4 members (excludes halogenated alkanes) is 10. The Balaban J connectivity index is 5.56. The molecule has 3 unspecified atom stereocenters. The molecule has 0 aromatic rings. The van der Waals surface area contributed by atoms with Crippen LogP contribution >= 0.6 is 7.82 Å². The van der Waals surface area contributed by atoms with Gasteiger partial charge in [0, 0.05) is 6.54 Å². The molecule has 0 fully saturated rings. The SMILES string of the molecule is CCCCCCCCCCCC(CC(CC)CCCC)(CC(CC)CCCC)OP(=O)(O)OCCN. The molecule has 0 bridgehead atoms. The molecule has 0 saturated heterocycles. The summed E-state index contributed by atoms with van der Waals surface area (Å²) in [6.07, 6.45) is 23.1. The van der Waals surface area contributed by atoms with Gasteiger partial charge in [-0.3, -0.25) is 9.05 Å². The fourth-order valence-electron chi connectivity index (χ4n) is 5.54. The monoisotopic (exact) mass is 533 g/mol. The smallest absolute Gasteiger partial charge is 0.328 e. The predicted octanol–water partition coefficient (Wildman–Crippen LogP) is 9.95. The molecule has 218 valence electrons. The van der Waals surface area contributed by atoms with Gasteiger partial charge in [0.15, 0.2) is 0 Å². The van der Waals surface area contributed by atoms with Gasteiger partial charge in [-0.2, -0.15) is 0 Å². The minimum absolute atomic E-state index is 0.0436. The quantitative estimate of drug-likeness (QED) is 0.0811. The Morgan fingerprint density at radius 3 is 1.58 bits per heavy atom. The minimum atomic E-state index is -4.17. The summed E-state index contributed by atoms with van der Waals surface area (Å²) in [5.41, 5.74) is 4.96. The normalized spacial score (nSPS) is 17.0. The molecule has 0 rings (SSSR count). The summed E-state index contributed by atoms with van der Waals surface area (Å²) in [6.45, 7) is 11.5. The minimum Gasteiger partial charge on any atom is -0.328 e. The van der Waals surface area contributed by atoms with Crippen LogP contribution in [-0.4, -0.2) is 23.6 Å². The molecular formula is C30H64NO4P. The lowest BCUT2D eigenvalue weighted by Crippen LogP contribution is -2.37. The summed E-state index contributed by atoms with van der Waals surface area (Å²) in [7, 11) is -4.17. The van der Waals surface area contributed by atoms with Gasteiger partial charge < -0.3 is 10.6 Å². The number of phosphoric acid groups is 1. The highest BCUT2D eigenvalue weighted by molar-refractivity contribution is 7.47. The average molecular weight is 534 g/mol. The van der Waals surface area contributed by atoms with E-state index in [1.165, 1.54) is 70.6 Å². The molecule has 0 aromatic heterocycles. The van der Waals surface area contributed by atoms with E-state index in [0.29, 0.717) is 11.8 Å². The third-order valence-electron chi connectivity index (χ3n) is 7.83. The van der Waals surface area contributed by atoms with E-state index in [9.17, 15) is 9.46 Å². The maximum Gasteiger partial charge on any atom is 0.472 e. The van der Waals surface area contributed by atoms with E-state index >= 15 is 0 Å². The summed E-state index contributed by atoms with van der Waals surface area (Å²) in [5, 5.41) is 0. The summed E-state index contributed by atoms with van der Waals surface area (Å²) in [4.78, 5) is 10.7. The van der Waals surface area contributed by atoms with E-state index in [2.05, 4.69) is 34.6 Å². The average Bonchev–Trinajstić information content (AvgIpc) is 2.86. The lowest BCUT2D eigenvalue weighted by Gasteiger charge is -2.40. The Bertz CT molecular complexity index is 513. The molecule has 0 amide bonds. The molecule has 6 heteroatoms. The molecule has 0 saturated carbocycles. The van der Waals surface area contributed by atoms with Crippen LogP contribution in [0.15, 0.2) is 0 Å². The maximum absolute atomic E-state index is 13.1. The van der Waals surface area contributed by atoms with Crippen LogP contribution in [0, 0.1) is 11.8 Å². The zero-order valence-corrected chi connectivity index (χ0v) is 25.8. The first-order valence-corrected chi connectivity index (χ1v) is 17.2. The molecule has 0 aromatic carbocycles. The van der Waals surface area contributed by atoms with Gasteiger partial charge in [0.1, 0.15) is 0 Å². The van der Waals surface area contributed by atoms with E-state index in [0.717, 1.165) is 57.8 Å². The summed E-state index contributed by atoms with van der Waals surface area (Å²) >= 11 is 0. The Hall–Kier alpha value is 0.0700. The van der Waals surface area contributed by atoms with Crippen LogP contribution in [-0.2, 0) is 13.6 Å². The molecule has 3 atom stereocenters. The van der Waals surface area contributed by atoms with Gasteiger partial charge in [-0.15, -0.1) is 0 Å². The first-order valence-electron chi connectivity index (χ1n) is 15.7. The summed E-state index contributed by atoms with van der Waals surface area (Å²) in [5.74, 6) is 1.00. The van der Waals surface area contributed by atoms with Crippen molar-refractivity contribution in [2.24, 2.45) is 17.6 Å². The van der Waals surface area contributed by atoms with Gasteiger partial charge in [-0.1, -0.05) is 144 Å². The van der Waals surface area contributed by atoms with Crippen LogP contribution < -0.4 is 5.73 Å². The predicted molar refractivity (Wildman–Crippen MR) is 156 cm³/mol. The molecule has 36 heavy (non-hydrogen) atoms. The van der Waals surface area contributed by atoms with E-state index in [-0.39, 0.29) is 13.2 Å². The number of hydrogen-bond acceptors (Lipinski definition) is 4. The number of hydrogen-bond donors (Lipinski definition) is 2. The second-order valence-corrected chi connectivity index (χ2v) is 12.6. The van der Waals surface area contributed by atoms with Crippen LogP contribution in [0.1, 0.15) is 163 Å². The molecule has 0 aliphatic rings. The van der Waals surface area contributed by atoms with Crippen LogP contribution in [0.5, 0.6) is 0 Å². The van der Waals surface area contributed by atoms with Crippen LogP contribution in [0.2, 0.25) is 0 Å². The van der Waals surface area contributed by atoms with Crippen molar-refractivity contribution in [3.63, 3.8) is 0 Å². The fourth-order valence-corrected chi connectivity index (χ4v) is 6.66. The molecule has 0 aliphatic carbocycles. The van der Waals surface area contributed by atoms with E-state index in [4.69, 9.17) is 14.8 Å². The Morgan fingerprint density at radius 2 is 1.17 bits per heavy atom. The van der Waals surface area contributed by atoms with E-state index in [1.807, 2.05) is 0 Å². The van der Waals surface area contributed by atoms with Crippen LogP contribution in [0.3, 0.4) is 0 Å². The van der Waals surface area contributed by atoms with Crippen molar-refractivity contribution < 1.29 is 18.5 Å². The lowest BCUT2D eigenvalue weighted by atomic mass is 9.76. The second kappa shape index (κ2) is 23.0. The summed E-state index contributed by atoms with van der Waals surface area (Å²) < 4.78 is 24.6. The Kier molecular flexibility index (Phi) is 23.0. The van der Waals surface area contributed by atoms with Crippen LogP contribution in [0.4, 0.5) is 0 Å². The maximum atomic E-state index is 13.1. The third kappa shape index (κ3) is 18.3. The van der Waals surface area contributed by atoms with Gasteiger partial charge >= 0.3 is 7.82 Å². The third-order valence-corrected chi connectivity index (χ3v) is 8.95. The van der Waals surface area contributed by atoms with Gasteiger partial charge in [0.2, 0.25) is 0 Å². The highest BCUT2D eigenvalue weighted by Gasteiger charge is 2.41. The zero-order chi connectivity index (χ0) is 27.1. The molecule has 0 aliphatic heterocycles. The Morgan fingerprint density at radius 1 is 0.722 bits per heavy atom. The van der Waals surface area contributed by atoms with Crippen molar-refractivity contribution in [3.05, 3.63) is 0 Å². The van der Waals surface area contributed by atoms with Crippen molar-refractivity contribution in [2.45, 2.75) is 169 Å². The molecule has 0 heterocycles. The van der Waals surface area contributed by atoms with Crippen molar-refractivity contribution in [1.82, 2.24) is 0 Å². The number of phosphoric ester groups is 1. The van der Waals surface area contributed by atoms with Gasteiger partial charge in [-0.05, 0) is 31.1 Å². The van der Waals surface area contributed by atoms with Gasteiger partial charge in [-0.25, -0.2) is 4.57 Å². The summed E-state index contributed by atoms with van der Waals surface area (Å²) in [6, 6.07) is 0.